The topological polar surface area (TPSA) is 0 Å². The number of benzene rings is 4. The largest absolute Gasteiger partial charge is 0.416 e. The first-order chi connectivity index (χ1) is 16.1. The standard InChI is InChI=1S/C26H17F6S2/c27-25(28,29)18-10-14-20(15-11-18)33-23-8-4-5-9-24(23)34(21-6-2-1-3-7-21)22-16-12-19(13-17-22)26(30,31)32/h1-17H/q+1. The molecule has 0 aliphatic carbocycles. The third-order valence-electron chi connectivity index (χ3n) is 4.87. The van der Waals surface area contributed by atoms with Crippen LogP contribution >= 0.6 is 11.8 Å². The Hall–Kier alpha value is -2.84. The lowest BCUT2D eigenvalue weighted by Gasteiger charge is -2.13. The highest BCUT2D eigenvalue weighted by Gasteiger charge is 2.35. The van der Waals surface area contributed by atoms with E-state index in [1.165, 1.54) is 36.0 Å². The molecule has 174 valence electrons. The van der Waals surface area contributed by atoms with E-state index in [9.17, 15) is 26.3 Å². The molecule has 0 fully saturated rings. The van der Waals surface area contributed by atoms with Gasteiger partial charge in [0.25, 0.3) is 0 Å². The van der Waals surface area contributed by atoms with Crippen molar-refractivity contribution in [2.24, 2.45) is 0 Å². The summed E-state index contributed by atoms with van der Waals surface area (Å²) in [5.41, 5.74) is -1.45. The lowest BCUT2D eigenvalue weighted by atomic mass is 10.2. The molecule has 0 heterocycles. The first-order valence-electron chi connectivity index (χ1n) is 10.0. The van der Waals surface area contributed by atoms with Gasteiger partial charge in [-0.25, -0.2) is 0 Å². The smallest absolute Gasteiger partial charge is 0.166 e. The van der Waals surface area contributed by atoms with Crippen LogP contribution in [-0.2, 0) is 23.2 Å². The molecule has 0 aromatic heterocycles. The number of alkyl halides is 6. The predicted octanol–water partition coefficient (Wildman–Crippen LogP) is 8.97. The Balaban J connectivity index is 1.75. The van der Waals surface area contributed by atoms with Gasteiger partial charge < -0.3 is 0 Å². The van der Waals surface area contributed by atoms with Crippen LogP contribution in [0.15, 0.2) is 128 Å². The molecule has 0 radical (unpaired) electrons. The van der Waals surface area contributed by atoms with E-state index in [2.05, 4.69) is 0 Å². The summed E-state index contributed by atoms with van der Waals surface area (Å²) in [7, 11) is -0.722. The molecule has 0 bridgehead atoms. The summed E-state index contributed by atoms with van der Waals surface area (Å²) in [6, 6.07) is 26.9. The van der Waals surface area contributed by atoms with E-state index < -0.39 is 34.4 Å². The van der Waals surface area contributed by atoms with E-state index in [0.29, 0.717) is 9.79 Å². The molecule has 0 saturated carbocycles. The first-order valence-corrected chi connectivity index (χ1v) is 12.1. The molecule has 1 unspecified atom stereocenters. The zero-order chi connectivity index (χ0) is 24.3. The molecule has 0 spiro atoms. The van der Waals surface area contributed by atoms with Crippen molar-refractivity contribution < 1.29 is 26.3 Å². The van der Waals surface area contributed by atoms with Gasteiger partial charge in [0.1, 0.15) is 10.9 Å². The van der Waals surface area contributed by atoms with Gasteiger partial charge >= 0.3 is 12.4 Å². The van der Waals surface area contributed by atoms with Gasteiger partial charge in [0.2, 0.25) is 0 Å². The monoisotopic (exact) mass is 507 g/mol. The van der Waals surface area contributed by atoms with Crippen LogP contribution in [0.2, 0.25) is 0 Å². The van der Waals surface area contributed by atoms with Crippen LogP contribution < -0.4 is 0 Å². The quantitative estimate of drug-likeness (QED) is 0.192. The van der Waals surface area contributed by atoms with E-state index in [1.54, 1.807) is 0 Å². The normalized spacial score (nSPS) is 13.0. The molecule has 4 aromatic rings. The summed E-state index contributed by atoms with van der Waals surface area (Å²) in [6.07, 6.45) is -8.84. The van der Waals surface area contributed by atoms with E-state index in [4.69, 9.17) is 0 Å². The summed E-state index contributed by atoms with van der Waals surface area (Å²) >= 11 is 1.32. The van der Waals surface area contributed by atoms with Crippen molar-refractivity contribution in [3.63, 3.8) is 0 Å². The Kier molecular flexibility index (Phi) is 7.00. The fourth-order valence-electron chi connectivity index (χ4n) is 3.27. The van der Waals surface area contributed by atoms with Crippen molar-refractivity contribution in [2.45, 2.75) is 36.8 Å². The summed E-state index contributed by atoms with van der Waals surface area (Å²) in [4.78, 5) is 3.94. The molecule has 0 aliphatic rings. The lowest BCUT2D eigenvalue weighted by Crippen LogP contribution is -2.08. The third-order valence-corrected chi connectivity index (χ3v) is 8.37. The minimum atomic E-state index is -4.43. The van der Waals surface area contributed by atoms with Crippen molar-refractivity contribution >= 4 is 22.7 Å². The van der Waals surface area contributed by atoms with Crippen molar-refractivity contribution in [3.05, 3.63) is 114 Å². The Morgan fingerprint density at radius 1 is 0.500 bits per heavy atom. The van der Waals surface area contributed by atoms with Gasteiger partial charge in [0.05, 0.1) is 16.0 Å². The maximum absolute atomic E-state index is 13.1. The van der Waals surface area contributed by atoms with Crippen LogP contribution in [0.1, 0.15) is 11.1 Å². The van der Waals surface area contributed by atoms with Crippen LogP contribution in [-0.4, -0.2) is 0 Å². The summed E-state index contributed by atoms with van der Waals surface area (Å²) in [5, 5.41) is 0. The van der Waals surface area contributed by atoms with E-state index in [1.807, 2.05) is 54.6 Å². The van der Waals surface area contributed by atoms with Crippen molar-refractivity contribution in [1.82, 2.24) is 0 Å². The van der Waals surface area contributed by atoms with Gasteiger partial charge in [-0.2, -0.15) is 26.3 Å². The second-order valence-electron chi connectivity index (χ2n) is 7.21. The molecular formula is C26H17F6S2+. The molecule has 4 rings (SSSR count). The Morgan fingerprint density at radius 3 is 1.53 bits per heavy atom. The molecule has 34 heavy (non-hydrogen) atoms. The van der Waals surface area contributed by atoms with Gasteiger partial charge in [0, 0.05) is 4.90 Å². The highest BCUT2D eigenvalue weighted by molar-refractivity contribution is 8.01. The van der Waals surface area contributed by atoms with Crippen molar-refractivity contribution in [2.75, 3.05) is 0 Å². The van der Waals surface area contributed by atoms with Crippen LogP contribution in [0.5, 0.6) is 0 Å². The van der Waals surface area contributed by atoms with Gasteiger partial charge in [-0.05, 0) is 72.8 Å². The second-order valence-corrected chi connectivity index (χ2v) is 10.3. The van der Waals surface area contributed by atoms with Gasteiger partial charge in [-0.15, -0.1) is 0 Å². The molecule has 4 aromatic carbocycles. The minimum absolute atomic E-state index is 0.629. The number of hydrogen-bond acceptors (Lipinski definition) is 1. The van der Waals surface area contributed by atoms with Crippen molar-refractivity contribution in [1.29, 1.82) is 0 Å². The summed E-state index contributed by atoms with van der Waals surface area (Å²) in [6.45, 7) is 0. The van der Waals surface area contributed by atoms with Gasteiger partial charge in [-0.1, -0.05) is 42.1 Å². The molecule has 0 nitrogen and oxygen atoms in total. The average Bonchev–Trinajstić information content (AvgIpc) is 2.81. The lowest BCUT2D eigenvalue weighted by molar-refractivity contribution is -0.138. The fraction of sp³-hybridized carbons (Fsp3) is 0.0769. The number of halogens is 6. The molecule has 1 atom stereocenters. The zero-order valence-corrected chi connectivity index (χ0v) is 19.0. The van der Waals surface area contributed by atoms with Crippen LogP contribution in [0.4, 0.5) is 26.3 Å². The molecule has 0 N–H and O–H groups in total. The summed E-state index contributed by atoms with van der Waals surface area (Å²) < 4.78 is 78.1. The molecule has 0 aliphatic heterocycles. The Morgan fingerprint density at radius 2 is 0.971 bits per heavy atom. The molecule has 8 heteroatoms. The number of hydrogen-bond donors (Lipinski definition) is 0. The zero-order valence-electron chi connectivity index (χ0n) is 17.4. The highest BCUT2D eigenvalue weighted by atomic mass is 32.2. The van der Waals surface area contributed by atoms with Crippen LogP contribution in [0, 0.1) is 0 Å². The second kappa shape index (κ2) is 9.80. The molecule has 0 saturated heterocycles. The molecule has 0 amide bonds. The SMILES string of the molecule is FC(F)(F)c1ccc(Sc2ccccc2[S+](c2ccccc2)c2ccc(C(F)(F)F)cc2)cc1. The van der Waals surface area contributed by atoms with E-state index >= 15 is 0 Å². The van der Waals surface area contributed by atoms with Gasteiger partial charge in [0.15, 0.2) is 14.7 Å². The average molecular weight is 508 g/mol. The predicted molar refractivity (Wildman–Crippen MR) is 122 cm³/mol. The Bertz CT molecular complexity index is 1230. The van der Waals surface area contributed by atoms with Gasteiger partial charge in [-0.3, -0.25) is 0 Å². The molecular weight excluding hydrogens is 490 g/mol. The number of rotatable bonds is 5. The highest BCUT2D eigenvalue weighted by Crippen LogP contribution is 2.41. The maximum atomic E-state index is 13.1. The Labute approximate surface area is 200 Å². The first kappa shape index (κ1) is 24.3. The van der Waals surface area contributed by atoms with Crippen LogP contribution in [0.25, 0.3) is 0 Å². The van der Waals surface area contributed by atoms with E-state index in [-0.39, 0.29) is 0 Å². The van der Waals surface area contributed by atoms with Crippen LogP contribution in [0.3, 0.4) is 0 Å². The maximum Gasteiger partial charge on any atom is 0.416 e. The minimum Gasteiger partial charge on any atom is -0.166 e. The fourth-order valence-corrected chi connectivity index (χ4v) is 6.59. The van der Waals surface area contributed by atoms with Crippen molar-refractivity contribution in [3.8, 4) is 0 Å². The summed E-state index contributed by atoms with van der Waals surface area (Å²) in [5.74, 6) is 0. The van der Waals surface area contributed by atoms with E-state index in [0.717, 1.165) is 39.0 Å². The third kappa shape index (κ3) is 5.62.